The molecule has 0 saturated carbocycles. The second kappa shape index (κ2) is 5.63. The molecule has 1 aliphatic rings. The van der Waals surface area contributed by atoms with Crippen molar-refractivity contribution in [3.05, 3.63) is 33.8 Å². The first-order valence-corrected chi connectivity index (χ1v) is 7.81. The zero-order chi connectivity index (χ0) is 15.0. The van der Waals surface area contributed by atoms with E-state index in [1.807, 2.05) is 35.9 Å². The predicted octanol–water partition coefficient (Wildman–Crippen LogP) is 1.92. The third kappa shape index (κ3) is 2.88. The lowest BCUT2D eigenvalue weighted by atomic mass is 10.0. The van der Waals surface area contributed by atoms with E-state index < -0.39 is 0 Å². The lowest BCUT2D eigenvalue weighted by molar-refractivity contribution is 0.0780. The Bertz CT molecular complexity index is 662. The molecule has 6 nitrogen and oxygen atoms in total. The molecule has 0 aromatic carbocycles. The number of aryl methyl sites for hydroxylation is 2. The van der Waals surface area contributed by atoms with E-state index in [0.29, 0.717) is 11.6 Å². The molecule has 2 aromatic heterocycles. The number of halogens is 1. The number of hydrogen-bond acceptors (Lipinski definition) is 3. The van der Waals surface area contributed by atoms with Gasteiger partial charge in [-0.3, -0.25) is 14.6 Å². The van der Waals surface area contributed by atoms with Crippen molar-refractivity contribution in [1.29, 1.82) is 0 Å². The van der Waals surface area contributed by atoms with E-state index in [-0.39, 0.29) is 5.91 Å². The van der Waals surface area contributed by atoms with Gasteiger partial charge in [-0.15, -0.1) is 0 Å². The first-order valence-electron chi connectivity index (χ1n) is 7.02. The van der Waals surface area contributed by atoms with E-state index in [4.69, 9.17) is 0 Å². The lowest BCUT2D eigenvalue weighted by Crippen LogP contribution is -2.29. The van der Waals surface area contributed by atoms with E-state index in [1.54, 1.807) is 0 Å². The molecule has 2 aromatic rings. The van der Waals surface area contributed by atoms with Crippen LogP contribution in [0.4, 0.5) is 0 Å². The van der Waals surface area contributed by atoms with Crippen LogP contribution in [-0.4, -0.2) is 43.9 Å². The molecule has 1 amide bonds. The van der Waals surface area contributed by atoms with Crippen LogP contribution < -0.4 is 0 Å². The van der Waals surface area contributed by atoms with Gasteiger partial charge in [0.1, 0.15) is 0 Å². The quantitative estimate of drug-likeness (QED) is 0.918. The molecule has 0 spiro atoms. The van der Waals surface area contributed by atoms with Gasteiger partial charge in [-0.25, -0.2) is 0 Å². The molecule has 1 fully saturated rings. The molecule has 112 valence electrons. The van der Waals surface area contributed by atoms with Crippen molar-refractivity contribution < 1.29 is 4.79 Å². The minimum Gasteiger partial charge on any atom is -0.337 e. The van der Waals surface area contributed by atoms with Crippen molar-refractivity contribution in [2.24, 2.45) is 13.0 Å². The van der Waals surface area contributed by atoms with E-state index in [2.05, 4.69) is 31.2 Å². The molecule has 0 radical (unpaired) electrons. The van der Waals surface area contributed by atoms with Gasteiger partial charge in [0.05, 0.1) is 10.7 Å². The number of aromatic amines is 1. The molecule has 7 heteroatoms. The average Bonchev–Trinajstić information content (AvgIpc) is 3.14. The number of carbonyl (C=O) groups excluding carboxylic acids is 1. The first kappa shape index (κ1) is 14.3. The maximum atomic E-state index is 12.5. The van der Waals surface area contributed by atoms with Crippen LogP contribution in [0.3, 0.4) is 0 Å². The summed E-state index contributed by atoms with van der Waals surface area (Å²) in [5, 5.41) is 11.1. The number of nitrogens with one attached hydrogen (secondary N) is 1. The van der Waals surface area contributed by atoms with Crippen molar-refractivity contribution in [3.8, 4) is 0 Å². The molecule has 1 unspecified atom stereocenters. The summed E-state index contributed by atoms with van der Waals surface area (Å²) in [6, 6.07) is 0. The smallest absolute Gasteiger partial charge is 0.275 e. The monoisotopic (exact) mass is 351 g/mol. The Labute approximate surface area is 131 Å². The molecule has 3 rings (SSSR count). The Morgan fingerprint density at radius 1 is 1.57 bits per heavy atom. The molecule has 21 heavy (non-hydrogen) atoms. The van der Waals surface area contributed by atoms with Crippen LogP contribution >= 0.6 is 15.9 Å². The van der Waals surface area contributed by atoms with Crippen molar-refractivity contribution in [1.82, 2.24) is 24.9 Å². The maximum Gasteiger partial charge on any atom is 0.275 e. The van der Waals surface area contributed by atoms with Gasteiger partial charge in [-0.1, -0.05) is 0 Å². The highest BCUT2D eigenvalue weighted by Crippen LogP contribution is 2.25. The Balaban J connectivity index is 1.64. The first-order chi connectivity index (χ1) is 10.0. The number of amides is 1. The molecule has 1 aliphatic heterocycles. The van der Waals surface area contributed by atoms with Gasteiger partial charge >= 0.3 is 0 Å². The molecule has 1 atom stereocenters. The van der Waals surface area contributed by atoms with Gasteiger partial charge in [-0.2, -0.15) is 10.2 Å². The van der Waals surface area contributed by atoms with Crippen molar-refractivity contribution in [2.75, 3.05) is 13.1 Å². The molecule has 3 heterocycles. The standard InChI is InChI=1S/C14H18BrN5O/c1-9-12(15)13(18-17-9)14(21)20-4-3-10(8-20)5-11-6-16-19(2)7-11/h6-7,10H,3-5,8H2,1-2H3,(H,17,18). The summed E-state index contributed by atoms with van der Waals surface area (Å²) in [5.74, 6) is 0.497. The maximum absolute atomic E-state index is 12.5. The highest BCUT2D eigenvalue weighted by Gasteiger charge is 2.29. The van der Waals surface area contributed by atoms with Crippen LogP contribution in [0.15, 0.2) is 16.9 Å². The van der Waals surface area contributed by atoms with Crippen molar-refractivity contribution in [2.45, 2.75) is 19.8 Å². The summed E-state index contributed by atoms with van der Waals surface area (Å²) in [4.78, 5) is 14.4. The third-order valence-electron chi connectivity index (χ3n) is 3.93. The Hall–Kier alpha value is -1.63. The predicted molar refractivity (Wildman–Crippen MR) is 81.9 cm³/mol. The zero-order valence-corrected chi connectivity index (χ0v) is 13.7. The van der Waals surface area contributed by atoms with Gasteiger partial charge in [0.25, 0.3) is 5.91 Å². The van der Waals surface area contributed by atoms with E-state index >= 15 is 0 Å². The fraction of sp³-hybridized carbons (Fsp3) is 0.500. The molecule has 0 bridgehead atoms. The lowest BCUT2D eigenvalue weighted by Gasteiger charge is -2.15. The van der Waals surface area contributed by atoms with E-state index in [0.717, 1.165) is 36.1 Å². The van der Waals surface area contributed by atoms with Gasteiger partial charge in [-0.05, 0) is 47.2 Å². The summed E-state index contributed by atoms with van der Waals surface area (Å²) in [6.07, 6.45) is 5.94. The van der Waals surface area contributed by atoms with Crippen molar-refractivity contribution >= 4 is 21.8 Å². The number of likely N-dealkylation sites (tertiary alicyclic amines) is 1. The number of carbonyl (C=O) groups is 1. The summed E-state index contributed by atoms with van der Waals surface area (Å²) >= 11 is 3.42. The molecular weight excluding hydrogens is 334 g/mol. The van der Waals surface area contributed by atoms with Gasteiger partial charge in [0, 0.05) is 32.0 Å². The molecule has 1 N–H and O–H groups in total. The molecular formula is C14H18BrN5O. The van der Waals surface area contributed by atoms with Crippen LogP contribution in [0.25, 0.3) is 0 Å². The van der Waals surface area contributed by atoms with Crippen molar-refractivity contribution in [3.63, 3.8) is 0 Å². The number of hydrogen-bond donors (Lipinski definition) is 1. The van der Waals surface area contributed by atoms with E-state index in [1.165, 1.54) is 5.56 Å². The molecule has 1 saturated heterocycles. The highest BCUT2D eigenvalue weighted by atomic mass is 79.9. The van der Waals surface area contributed by atoms with Crippen LogP contribution in [0.5, 0.6) is 0 Å². The van der Waals surface area contributed by atoms with Crippen LogP contribution in [0.2, 0.25) is 0 Å². The zero-order valence-electron chi connectivity index (χ0n) is 12.1. The normalized spacial score (nSPS) is 18.4. The van der Waals surface area contributed by atoms with Gasteiger partial charge in [0.15, 0.2) is 5.69 Å². The second-order valence-electron chi connectivity index (χ2n) is 5.64. The minimum atomic E-state index is -0.0000818. The molecule has 0 aliphatic carbocycles. The van der Waals surface area contributed by atoms with Crippen LogP contribution in [0.1, 0.15) is 28.2 Å². The van der Waals surface area contributed by atoms with Crippen LogP contribution in [-0.2, 0) is 13.5 Å². The largest absolute Gasteiger partial charge is 0.337 e. The summed E-state index contributed by atoms with van der Waals surface area (Å²) in [6.45, 7) is 3.47. The second-order valence-corrected chi connectivity index (χ2v) is 6.44. The Morgan fingerprint density at radius 2 is 2.38 bits per heavy atom. The van der Waals surface area contributed by atoms with E-state index in [9.17, 15) is 4.79 Å². The van der Waals surface area contributed by atoms with Crippen LogP contribution in [0, 0.1) is 12.8 Å². The minimum absolute atomic E-state index is 0.0000818. The number of rotatable bonds is 3. The Morgan fingerprint density at radius 3 is 3.00 bits per heavy atom. The fourth-order valence-corrected chi connectivity index (χ4v) is 3.15. The van der Waals surface area contributed by atoms with Gasteiger partial charge < -0.3 is 4.90 Å². The summed E-state index contributed by atoms with van der Waals surface area (Å²) in [5.41, 5.74) is 2.59. The number of H-pyrrole nitrogens is 1. The highest BCUT2D eigenvalue weighted by molar-refractivity contribution is 9.10. The summed E-state index contributed by atoms with van der Waals surface area (Å²) < 4.78 is 2.58. The SMILES string of the molecule is Cc1[nH]nc(C(=O)N2CCC(Cc3cnn(C)c3)C2)c1Br. The summed E-state index contributed by atoms with van der Waals surface area (Å²) in [7, 11) is 1.92. The topological polar surface area (TPSA) is 66.8 Å². The number of nitrogens with zero attached hydrogens (tertiary/aromatic N) is 4. The Kier molecular flexibility index (Phi) is 3.84. The van der Waals surface area contributed by atoms with Gasteiger partial charge in [0.2, 0.25) is 0 Å². The third-order valence-corrected chi connectivity index (χ3v) is 4.90. The average molecular weight is 352 g/mol. The fourth-order valence-electron chi connectivity index (χ4n) is 2.80. The number of aromatic nitrogens is 4.